The summed E-state index contributed by atoms with van der Waals surface area (Å²) < 4.78 is 1.98. The second-order valence-electron chi connectivity index (χ2n) is 9.84. The van der Waals surface area contributed by atoms with Gasteiger partial charge in [-0.2, -0.15) is 0 Å². The summed E-state index contributed by atoms with van der Waals surface area (Å²) in [6.07, 6.45) is 6.02. The summed E-state index contributed by atoms with van der Waals surface area (Å²) in [5, 5.41) is 13.6. The topological polar surface area (TPSA) is 46.8 Å². The first kappa shape index (κ1) is 24.7. The third-order valence-corrected chi connectivity index (χ3v) is 7.57. The highest BCUT2D eigenvalue weighted by molar-refractivity contribution is 6.30. The van der Waals surface area contributed by atoms with Gasteiger partial charge >= 0.3 is 0 Å². The summed E-state index contributed by atoms with van der Waals surface area (Å²) in [6.45, 7) is 4.39. The molecule has 186 valence electrons. The number of piperidine rings is 1. The molecule has 3 aromatic carbocycles. The number of benzene rings is 3. The largest absolute Gasteiger partial charge is 0.303 e. The van der Waals surface area contributed by atoms with E-state index in [1.54, 1.807) is 0 Å². The van der Waals surface area contributed by atoms with E-state index >= 15 is 0 Å². The second-order valence-corrected chi connectivity index (χ2v) is 10.3. The van der Waals surface area contributed by atoms with E-state index in [1.807, 2.05) is 22.9 Å². The molecule has 1 fully saturated rings. The van der Waals surface area contributed by atoms with E-state index in [0.717, 1.165) is 48.3 Å². The average molecular weight is 500 g/mol. The van der Waals surface area contributed by atoms with Gasteiger partial charge < -0.3 is 4.90 Å². The molecule has 1 atom stereocenters. The fourth-order valence-electron chi connectivity index (χ4n) is 5.33. The van der Waals surface area contributed by atoms with Crippen molar-refractivity contribution in [1.29, 1.82) is 0 Å². The van der Waals surface area contributed by atoms with Crippen molar-refractivity contribution in [3.05, 3.63) is 112 Å². The molecule has 36 heavy (non-hydrogen) atoms. The molecule has 4 aromatic rings. The number of hydrogen-bond acceptors (Lipinski definition) is 4. The first-order chi connectivity index (χ1) is 17.8. The highest BCUT2D eigenvalue weighted by Gasteiger charge is 2.23. The maximum atomic E-state index is 6.16. The zero-order valence-corrected chi connectivity index (χ0v) is 21.5. The summed E-state index contributed by atoms with van der Waals surface area (Å²) in [4.78, 5) is 2.63. The predicted molar refractivity (Wildman–Crippen MR) is 145 cm³/mol. The molecule has 6 heteroatoms. The summed E-state index contributed by atoms with van der Waals surface area (Å²) in [6, 6.07) is 29.4. The van der Waals surface area contributed by atoms with Gasteiger partial charge in [0.05, 0.1) is 5.92 Å². The van der Waals surface area contributed by atoms with Gasteiger partial charge in [-0.05, 0) is 96.9 Å². The van der Waals surface area contributed by atoms with Crippen LogP contribution in [0.2, 0.25) is 5.02 Å². The standard InChI is InChI=1S/C30H34ClN5/c31-28-15-13-27(14-16-28)29(26-11-5-2-6-12-26)30-32-33-34-36(30)20-8-7-19-35-21-17-25(18-22-35)23-24-9-3-1-4-10-24/h1-6,9-16,25,29H,7-8,17-23H2. The lowest BCUT2D eigenvalue weighted by Gasteiger charge is -2.32. The Morgan fingerprint density at radius 3 is 2.14 bits per heavy atom. The second kappa shape index (κ2) is 12.3. The number of tetrazole rings is 1. The van der Waals surface area contributed by atoms with Gasteiger partial charge in [-0.25, -0.2) is 4.68 Å². The minimum absolute atomic E-state index is 0.0258. The van der Waals surface area contributed by atoms with Gasteiger partial charge in [-0.1, -0.05) is 84.4 Å². The van der Waals surface area contributed by atoms with Gasteiger partial charge in [-0.15, -0.1) is 5.10 Å². The van der Waals surface area contributed by atoms with Gasteiger partial charge in [-0.3, -0.25) is 0 Å². The Balaban J connectivity index is 1.15. The summed E-state index contributed by atoms with van der Waals surface area (Å²) in [7, 11) is 0. The molecule has 0 N–H and O–H groups in total. The zero-order chi connectivity index (χ0) is 24.6. The SMILES string of the molecule is Clc1ccc(C(c2ccccc2)c2nnnn2CCCCN2CCC(Cc3ccccc3)CC2)cc1. The molecule has 0 spiro atoms. The smallest absolute Gasteiger partial charge is 0.163 e. The fraction of sp³-hybridized carbons (Fsp3) is 0.367. The molecular formula is C30H34ClN5. The molecule has 2 heterocycles. The molecule has 0 amide bonds. The number of likely N-dealkylation sites (tertiary alicyclic amines) is 1. The fourth-order valence-corrected chi connectivity index (χ4v) is 5.45. The van der Waals surface area contributed by atoms with Crippen LogP contribution in [0.5, 0.6) is 0 Å². The molecule has 0 saturated carbocycles. The van der Waals surface area contributed by atoms with Crippen molar-refractivity contribution in [1.82, 2.24) is 25.1 Å². The van der Waals surface area contributed by atoms with Crippen molar-refractivity contribution >= 4 is 11.6 Å². The van der Waals surface area contributed by atoms with Crippen molar-refractivity contribution < 1.29 is 0 Å². The lowest BCUT2D eigenvalue weighted by atomic mass is 9.90. The normalized spacial score (nSPS) is 15.7. The van der Waals surface area contributed by atoms with E-state index in [9.17, 15) is 0 Å². The first-order valence-corrected chi connectivity index (χ1v) is 13.5. The van der Waals surface area contributed by atoms with E-state index < -0.39 is 0 Å². The van der Waals surface area contributed by atoms with Gasteiger partial charge in [0.15, 0.2) is 5.82 Å². The highest BCUT2D eigenvalue weighted by Crippen LogP contribution is 2.31. The van der Waals surface area contributed by atoms with Gasteiger partial charge in [0.1, 0.15) is 0 Å². The number of aromatic nitrogens is 4. The molecular weight excluding hydrogens is 466 g/mol. The van der Waals surface area contributed by atoms with E-state index in [0.29, 0.717) is 0 Å². The van der Waals surface area contributed by atoms with Crippen molar-refractivity contribution in [2.75, 3.05) is 19.6 Å². The number of hydrogen-bond donors (Lipinski definition) is 0. The van der Waals surface area contributed by atoms with Crippen LogP contribution in [0.15, 0.2) is 84.9 Å². The predicted octanol–water partition coefficient (Wildman–Crippen LogP) is 6.24. The van der Waals surface area contributed by atoms with Crippen molar-refractivity contribution in [2.45, 2.75) is 44.6 Å². The minimum atomic E-state index is -0.0258. The highest BCUT2D eigenvalue weighted by atomic mass is 35.5. The Morgan fingerprint density at radius 1 is 0.778 bits per heavy atom. The molecule has 5 nitrogen and oxygen atoms in total. The third kappa shape index (κ3) is 6.40. The molecule has 0 bridgehead atoms. The Hall–Kier alpha value is -3.02. The molecule has 1 saturated heterocycles. The van der Waals surface area contributed by atoms with Gasteiger partial charge in [0, 0.05) is 11.6 Å². The van der Waals surface area contributed by atoms with Crippen LogP contribution in [-0.2, 0) is 13.0 Å². The molecule has 5 rings (SSSR count). The Bertz CT molecular complexity index is 1190. The van der Waals surface area contributed by atoms with Gasteiger partial charge in [0.25, 0.3) is 0 Å². The van der Waals surface area contributed by atoms with Crippen molar-refractivity contribution in [3.63, 3.8) is 0 Å². The lowest BCUT2D eigenvalue weighted by Crippen LogP contribution is -2.35. The van der Waals surface area contributed by atoms with E-state index in [2.05, 4.69) is 87.2 Å². The van der Waals surface area contributed by atoms with Crippen LogP contribution >= 0.6 is 11.6 Å². The maximum absolute atomic E-state index is 6.16. The van der Waals surface area contributed by atoms with Crippen LogP contribution in [0.25, 0.3) is 0 Å². The van der Waals surface area contributed by atoms with Crippen molar-refractivity contribution in [2.24, 2.45) is 5.92 Å². The number of rotatable bonds is 10. The summed E-state index contributed by atoms with van der Waals surface area (Å²) in [5.41, 5.74) is 3.79. The Labute approximate surface area is 219 Å². The molecule has 1 unspecified atom stereocenters. The number of nitrogens with zero attached hydrogens (tertiary/aromatic N) is 5. The van der Waals surface area contributed by atoms with Gasteiger partial charge in [0.2, 0.25) is 0 Å². The molecule has 1 aromatic heterocycles. The van der Waals surface area contributed by atoms with Crippen LogP contribution in [0, 0.1) is 5.92 Å². The number of aryl methyl sites for hydroxylation is 1. The quantitative estimate of drug-likeness (QED) is 0.242. The molecule has 0 aliphatic carbocycles. The monoisotopic (exact) mass is 499 g/mol. The van der Waals surface area contributed by atoms with Crippen LogP contribution in [-0.4, -0.2) is 44.7 Å². The maximum Gasteiger partial charge on any atom is 0.163 e. The van der Waals surface area contributed by atoms with Crippen LogP contribution in [0.4, 0.5) is 0 Å². The summed E-state index contributed by atoms with van der Waals surface area (Å²) >= 11 is 6.16. The van der Waals surface area contributed by atoms with E-state index in [-0.39, 0.29) is 5.92 Å². The van der Waals surface area contributed by atoms with E-state index in [1.165, 1.54) is 43.5 Å². The first-order valence-electron chi connectivity index (χ1n) is 13.1. The van der Waals surface area contributed by atoms with Crippen LogP contribution in [0.1, 0.15) is 54.1 Å². The van der Waals surface area contributed by atoms with E-state index in [4.69, 9.17) is 11.6 Å². The lowest BCUT2D eigenvalue weighted by molar-refractivity contribution is 0.180. The van der Waals surface area contributed by atoms with Crippen molar-refractivity contribution in [3.8, 4) is 0 Å². The van der Waals surface area contributed by atoms with Crippen LogP contribution < -0.4 is 0 Å². The molecule has 1 aliphatic heterocycles. The number of unbranched alkanes of at least 4 members (excludes halogenated alkanes) is 1. The molecule has 1 aliphatic rings. The average Bonchev–Trinajstić information content (AvgIpc) is 3.38. The Morgan fingerprint density at radius 2 is 1.42 bits per heavy atom. The number of halogens is 1. The Kier molecular flexibility index (Phi) is 8.42. The third-order valence-electron chi connectivity index (χ3n) is 7.32. The summed E-state index contributed by atoms with van der Waals surface area (Å²) in [5.74, 6) is 1.67. The molecule has 0 radical (unpaired) electrons. The zero-order valence-electron chi connectivity index (χ0n) is 20.7. The minimum Gasteiger partial charge on any atom is -0.303 e. The van der Waals surface area contributed by atoms with Crippen LogP contribution in [0.3, 0.4) is 0 Å².